The third-order valence-corrected chi connectivity index (χ3v) is 8.17. The summed E-state index contributed by atoms with van der Waals surface area (Å²) in [7, 11) is 0. The molecule has 0 saturated carbocycles. The number of nitrogens with one attached hydrogen (secondary N) is 2. The van der Waals surface area contributed by atoms with Crippen LogP contribution in [-0.2, 0) is 9.59 Å². The van der Waals surface area contributed by atoms with E-state index < -0.39 is 11.6 Å². The van der Waals surface area contributed by atoms with Crippen LogP contribution in [0.1, 0.15) is 35.6 Å². The van der Waals surface area contributed by atoms with Gasteiger partial charge in [-0.15, -0.1) is 0 Å². The number of allylic oxidation sites excluding steroid dienone is 1. The van der Waals surface area contributed by atoms with E-state index in [9.17, 15) is 14.4 Å². The number of halogens is 1. The molecule has 0 aliphatic carbocycles. The first kappa shape index (κ1) is 24.3. The van der Waals surface area contributed by atoms with Gasteiger partial charge >= 0.3 is 0 Å². The summed E-state index contributed by atoms with van der Waals surface area (Å²) in [6.45, 7) is 5.45. The summed E-state index contributed by atoms with van der Waals surface area (Å²) < 4.78 is 8.45. The first-order valence-corrected chi connectivity index (χ1v) is 13.4. The van der Waals surface area contributed by atoms with Gasteiger partial charge < -0.3 is 15.1 Å². The number of nitrogens with zero attached hydrogens (tertiary/aromatic N) is 2. The molecule has 2 amide bonds. The number of aryl methyl sites for hydroxylation is 2. The van der Waals surface area contributed by atoms with E-state index in [0.29, 0.717) is 44.5 Å². The minimum Gasteiger partial charge on any atom is -0.464 e. The molecule has 0 saturated heterocycles. The SMILES string of the molecule is CC1=C(C(=O)Nc2ccccc2C)C(c2ccc(C)o2)n2c(s/c(=C3\C(=O)Nc4ccc(Br)cc43)c2=O)=N1. The Morgan fingerprint density at radius 2 is 1.89 bits per heavy atom. The van der Waals surface area contributed by atoms with Crippen molar-refractivity contribution in [3.63, 3.8) is 0 Å². The molecule has 2 aliphatic heterocycles. The largest absolute Gasteiger partial charge is 0.464 e. The Morgan fingerprint density at radius 3 is 2.63 bits per heavy atom. The van der Waals surface area contributed by atoms with Gasteiger partial charge in [0.05, 0.1) is 16.8 Å². The fourth-order valence-corrected chi connectivity index (χ4v) is 6.30. The first-order valence-electron chi connectivity index (χ1n) is 11.8. The third-order valence-electron chi connectivity index (χ3n) is 6.62. The van der Waals surface area contributed by atoms with Gasteiger partial charge in [0, 0.05) is 21.4 Å². The number of carbonyl (C=O) groups is 2. The molecule has 0 radical (unpaired) electrons. The fourth-order valence-electron chi connectivity index (χ4n) is 4.80. The third kappa shape index (κ3) is 3.88. The molecular weight excluding hydrogens is 568 g/mol. The molecule has 1 unspecified atom stereocenters. The van der Waals surface area contributed by atoms with Crippen LogP contribution in [-0.4, -0.2) is 16.4 Å². The Morgan fingerprint density at radius 1 is 1.11 bits per heavy atom. The number of amides is 2. The standard InChI is InChI=1S/C28H21BrN4O4S/c1-13-6-4-5-7-18(13)31-25(34)21-15(3)30-28-33(23(21)20-11-8-14(2)37-20)27(36)24(38-28)22-17-12-16(29)9-10-19(17)32-26(22)35/h4-12,23H,1-3H3,(H,31,34)(H,32,35)/b24-22-. The Labute approximate surface area is 229 Å². The summed E-state index contributed by atoms with van der Waals surface area (Å²) in [6.07, 6.45) is 0. The Hall–Kier alpha value is -4.02. The zero-order valence-electron chi connectivity index (χ0n) is 20.6. The number of para-hydroxylation sites is 1. The molecule has 0 fully saturated rings. The lowest BCUT2D eigenvalue weighted by molar-refractivity contribution is -0.113. The van der Waals surface area contributed by atoms with E-state index in [0.717, 1.165) is 21.4 Å². The number of furan rings is 1. The molecule has 6 rings (SSSR count). The second-order valence-electron chi connectivity index (χ2n) is 9.14. The van der Waals surface area contributed by atoms with Crippen LogP contribution in [0.15, 0.2) is 84.5 Å². The molecule has 190 valence electrons. The number of rotatable bonds is 3. The lowest BCUT2D eigenvalue weighted by Gasteiger charge is -2.23. The summed E-state index contributed by atoms with van der Waals surface area (Å²) in [6, 6.07) is 15.6. The highest BCUT2D eigenvalue weighted by Crippen LogP contribution is 2.34. The Kier molecular flexibility index (Phi) is 5.81. The molecule has 38 heavy (non-hydrogen) atoms. The molecule has 2 N–H and O–H groups in total. The molecule has 2 aromatic heterocycles. The topological polar surface area (TPSA) is 106 Å². The van der Waals surface area contributed by atoms with Crippen molar-refractivity contribution < 1.29 is 14.0 Å². The van der Waals surface area contributed by atoms with Crippen LogP contribution in [0.3, 0.4) is 0 Å². The van der Waals surface area contributed by atoms with Crippen LogP contribution in [0.25, 0.3) is 5.57 Å². The molecule has 1 atom stereocenters. The predicted octanol–water partition coefficient (Wildman–Crippen LogP) is 4.17. The Bertz CT molecular complexity index is 1900. The maximum atomic E-state index is 14.0. The van der Waals surface area contributed by atoms with E-state index in [1.165, 1.54) is 4.57 Å². The summed E-state index contributed by atoms with van der Waals surface area (Å²) in [5.41, 5.74) is 3.46. The van der Waals surface area contributed by atoms with Crippen molar-refractivity contribution in [3.8, 4) is 0 Å². The number of hydrogen-bond acceptors (Lipinski definition) is 6. The number of carbonyl (C=O) groups excluding carboxylic acids is 2. The molecule has 10 heteroatoms. The average Bonchev–Trinajstić information content (AvgIpc) is 3.54. The maximum Gasteiger partial charge on any atom is 0.272 e. The van der Waals surface area contributed by atoms with Crippen molar-refractivity contribution in [2.45, 2.75) is 26.8 Å². The smallest absolute Gasteiger partial charge is 0.272 e. The van der Waals surface area contributed by atoms with Crippen LogP contribution in [0.4, 0.5) is 11.4 Å². The molecule has 4 heterocycles. The van der Waals surface area contributed by atoms with Gasteiger partial charge in [0.1, 0.15) is 22.1 Å². The predicted molar refractivity (Wildman–Crippen MR) is 149 cm³/mol. The van der Waals surface area contributed by atoms with Crippen molar-refractivity contribution in [2.75, 3.05) is 10.6 Å². The number of benzene rings is 2. The number of aromatic nitrogens is 1. The molecule has 0 bridgehead atoms. The van der Waals surface area contributed by atoms with Crippen LogP contribution in [0.2, 0.25) is 0 Å². The molecule has 2 aromatic carbocycles. The highest BCUT2D eigenvalue weighted by atomic mass is 79.9. The summed E-state index contributed by atoms with van der Waals surface area (Å²) in [5.74, 6) is 0.336. The lowest BCUT2D eigenvalue weighted by Crippen LogP contribution is -2.41. The van der Waals surface area contributed by atoms with E-state index in [4.69, 9.17) is 4.42 Å². The monoisotopic (exact) mass is 588 g/mol. The quantitative estimate of drug-likeness (QED) is 0.374. The number of fused-ring (bicyclic) bond motifs is 2. The number of thiazole rings is 1. The molecule has 2 aliphatic rings. The van der Waals surface area contributed by atoms with E-state index in [2.05, 4.69) is 31.6 Å². The first-order chi connectivity index (χ1) is 18.2. The number of anilines is 2. The highest BCUT2D eigenvalue weighted by Gasteiger charge is 2.36. The normalized spacial score (nSPS) is 17.6. The van der Waals surface area contributed by atoms with Gasteiger partial charge in [-0.25, -0.2) is 4.99 Å². The van der Waals surface area contributed by atoms with Crippen LogP contribution < -0.4 is 25.5 Å². The highest BCUT2D eigenvalue weighted by molar-refractivity contribution is 9.10. The summed E-state index contributed by atoms with van der Waals surface area (Å²) in [5, 5.41) is 5.80. The molecule has 4 aromatic rings. The maximum absolute atomic E-state index is 14.0. The minimum atomic E-state index is -0.857. The van der Waals surface area contributed by atoms with Crippen molar-refractivity contribution in [1.82, 2.24) is 4.57 Å². The molecule has 8 nitrogen and oxygen atoms in total. The lowest BCUT2D eigenvalue weighted by atomic mass is 10.00. The van der Waals surface area contributed by atoms with Gasteiger partial charge in [-0.1, -0.05) is 45.5 Å². The van der Waals surface area contributed by atoms with E-state index in [-0.39, 0.29) is 21.9 Å². The number of hydrogen-bond donors (Lipinski definition) is 2. The van der Waals surface area contributed by atoms with Crippen LogP contribution in [0.5, 0.6) is 0 Å². The van der Waals surface area contributed by atoms with Crippen LogP contribution in [0, 0.1) is 13.8 Å². The van der Waals surface area contributed by atoms with Crippen LogP contribution >= 0.6 is 27.3 Å². The zero-order chi connectivity index (χ0) is 26.7. The van der Waals surface area contributed by atoms with Gasteiger partial charge in [0.2, 0.25) is 0 Å². The average molecular weight is 589 g/mol. The Balaban J connectivity index is 1.58. The van der Waals surface area contributed by atoms with Gasteiger partial charge in [0.25, 0.3) is 17.4 Å². The second kappa shape index (κ2) is 9.07. The van der Waals surface area contributed by atoms with E-state index >= 15 is 0 Å². The van der Waals surface area contributed by atoms with Gasteiger partial charge in [-0.3, -0.25) is 19.0 Å². The second-order valence-corrected chi connectivity index (χ2v) is 11.0. The van der Waals surface area contributed by atoms with E-state index in [1.54, 1.807) is 38.1 Å². The van der Waals surface area contributed by atoms with Crippen molar-refractivity contribution in [1.29, 1.82) is 0 Å². The minimum absolute atomic E-state index is 0.250. The van der Waals surface area contributed by atoms with E-state index in [1.807, 2.05) is 37.3 Å². The summed E-state index contributed by atoms with van der Waals surface area (Å²) >= 11 is 4.58. The van der Waals surface area contributed by atoms with Gasteiger partial charge in [-0.05, 0) is 62.7 Å². The molecular formula is C28H21BrN4O4S. The van der Waals surface area contributed by atoms with Crippen molar-refractivity contribution >= 4 is 56.0 Å². The van der Waals surface area contributed by atoms with Crippen molar-refractivity contribution in [2.24, 2.45) is 4.99 Å². The summed E-state index contributed by atoms with van der Waals surface area (Å²) in [4.78, 5) is 45.8. The van der Waals surface area contributed by atoms with Crippen molar-refractivity contribution in [3.05, 3.63) is 113 Å². The zero-order valence-corrected chi connectivity index (χ0v) is 23.0. The van der Waals surface area contributed by atoms with Gasteiger partial charge in [0.15, 0.2) is 4.80 Å². The molecule has 0 spiro atoms. The fraction of sp³-hybridized carbons (Fsp3) is 0.143. The van der Waals surface area contributed by atoms with Gasteiger partial charge in [-0.2, -0.15) is 0 Å².